The zero-order valence-electron chi connectivity index (χ0n) is 14.8. The Kier molecular flexibility index (Phi) is 5.27. The van der Waals surface area contributed by atoms with Crippen molar-refractivity contribution in [2.75, 3.05) is 19.7 Å². The Labute approximate surface area is 162 Å². The Hall–Kier alpha value is -2.57. The summed E-state index contributed by atoms with van der Waals surface area (Å²) in [5.74, 6) is 0.761. The summed E-state index contributed by atoms with van der Waals surface area (Å²) in [4.78, 5) is 14.7. The second-order valence-electron chi connectivity index (χ2n) is 6.47. The number of nitrogens with zero attached hydrogens (tertiary/aromatic N) is 3. The average Bonchev–Trinajstić information content (AvgIpc) is 3.31. The maximum atomic E-state index is 13.0. The highest BCUT2D eigenvalue weighted by Gasteiger charge is 2.26. The summed E-state index contributed by atoms with van der Waals surface area (Å²) < 4.78 is 13.5. The topological polar surface area (TPSA) is 60.5 Å². The molecule has 3 aromatic rings. The summed E-state index contributed by atoms with van der Waals surface area (Å²) in [6, 6.07) is 12.8. The van der Waals surface area contributed by atoms with Crippen molar-refractivity contribution in [2.45, 2.75) is 19.1 Å². The van der Waals surface area contributed by atoms with Gasteiger partial charge in [0.2, 0.25) is 0 Å². The number of hydrogen-bond acceptors (Lipinski definition) is 4. The van der Waals surface area contributed by atoms with Gasteiger partial charge in [-0.1, -0.05) is 23.7 Å². The van der Waals surface area contributed by atoms with Gasteiger partial charge in [0, 0.05) is 37.7 Å². The van der Waals surface area contributed by atoms with Crippen LogP contribution < -0.4 is 0 Å². The van der Waals surface area contributed by atoms with E-state index >= 15 is 0 Å². The number of carbonyl (C=O) groups excluding carboxylic acids is 1. The lowest BCUT2D eigenvalue weighted by atomic mass is 10.2. The lowest BCUT2D eigenvalue weighted by Crippen LogP contribution is -2.38. The van der Waals surface area contributed by atoms with Gasteiger partial charge in [-0.3, -0.25) is 9.48 Å². The van der Waals surface area contributed by atoms with Crippen LogP contribution in [0.2, 0.25) is 5.02 Å². The Morgan fingerprint density at radius 3 is 2.93 bits per heavy atom. The maximum Gasteiger partial charge on any atom is 0.289 e. The molecule has 140 valence electrons. The van der Waals surface area contributed by atoms with Gasteiger partial charge >= 0.3 is 0 Å². The van der Waals surface area contributed by atoms with Crippen molar-refractivity contribution in [3.05, 3.63) is 65.6 Å². The molecule has 1 saturated heterocycles. The monoisotopic (exact) mass is 385 g/mol. The molecule has 1 aliphatic rings. The van der Waals surface area contributed by atoms with E-state index in [1.165, 1.54) is 0 Å². The molecule has 3 heterocycles. The number of carbonyl (C=O) groups is 1. The SMILES string of the molecule is O=C(c1ccc(-c2ccccc2Cl)o1)N1CCCO[C@@H](Cn2cccn2)C1. The minimum atomic E-state index is -0.135. The third-order valence-corrected chi connectivity index (χ3v) is 4.87. The minimum absolute atomic E-state index is 0.102. The van der Waals surface area contributed by atoms with E-state index in [2.05, 4.69) is 5.10 Å². The van der Waals surface area contributed by atoms with Crippen LogP contribution in [0.4, 0.5) is 0 Å². The van der Waals surface area contributed by atoms with Crippen molar-refractivity contribution in [2.24, 2.45) is 0 Å². The quantitative estimate of drug-likeness (QED) is 0.686. The van der Waals surface area contributed by atoms with Gasteiger partial charge in [0.25, 0.3) is 5.91 Å². The number of benzene rings is 1. The molecule has 2 aromatic heterocycles. The highest BCUT2D eigenvalue weighted by molar-refractivity contribution is 6.33. The van der Waals surface area contributed by atoms with Gasteiger partial charge in [-0.15, -0.1) is 0 Å². The van der Waals surface area contributed by atoms with Crippen LogP contribution in [0.5, 0.6) is 0 Å². The second-order valence-corrected chi connectivity index (χ2v) is 6.88. The van der Waals surface area contributed by atoms with E-state index in [9.17, 15) is 4.79 Å². The van der Waals surface area contributed by atoms with Crippen molar-refractivity contribution >= 4 is 17.5 Å². The molecule has 1 aliphatic heterocycles. The van der Waals surface area contributed by atoms with Crippen LogP contribution in [-0.4, -0.2) is 46.4 Å². The third-order valence-electron chi connectivity index (χ3n) is 4.54. The summed E-state index contributed by atoms with van der Waals surface area (Å²) >= 11 is 6.22. The highest BCUT2D eigenvalue weighted by atomic mass is 35.5. The first-order valence-electron chi connectivity index (χ1n) is 8.94. The molecule has 1 aromatic carbocycles. The zero-order valence-corrected chi connectivity index (χ0v) is 15.5. The number of ether oxygens (including phenoxy) is 1. The van der Waals surface area contributed by atoms with E-state index in [-0.39, 0.29) is 12.0 Å². The molecule has 1 amide bonds. The first kappa shape index (κ1) is 17.8. The van der Waals surface area contributed by atoms with E-state index in [1.54, 1.807) is 29.3 Å². The van der Waals surface area contributed by atoms with Crippen molar-refractivity contribution in [1.29, 1.82) is 0 Å². The number of amides is 1. The van der Waals surface area contributed by atoms with E-state index in [4.69, 9.17) is 20.8 Å². The molecule has 0 radical (unpaired) electrons. The molecule has 4 rings (SSSR count). The standard InChI is InChI=1S/C20H20ClN3O3/c21-17-6-2-1-5-16(17)18-7-8-19(27-18)20(25)23-10-4-12-26-15(13-23)14-24-11-3-9-22-24/h1-3,5-9,11,15H,4,10,12-14H2/t15-/m1/s1. The van der Waals surface area contributed by atoms with Gasteiger partial charge in [-0.05, 0) is 36.8 Å². The molecular formula is C20H20ClN3O3. The normalized spacial score (nSPS) is 17.7. The molecule has 6 nitrogen and oxygen atoms in total. The first-order valence-corrected chi connectivity index (χ1v) is 9.31. The lowest BCUT2D eigenvalue weighted by Gasteiger charge is -2.23. The Morgan fingerprint density at radius 2 is 2.11 bits per heavy atom. The van der Waals surface area contributed by atoms with Gasteiger partial charge in [-0.25, -0.2) is 0 Å². The van der Waals surface area contributed by atoms with Crippen molar-refractivity contribution in [3.63, 3.8) is 0 Å². The molecule has 1 atom stereocenters. The fraction of sp³-hybridized carbons (Fsp3) is 0.300. The first-order chi connectivity index (χ1) is 13.2. The van der Waals surface area contributed by atoms with Crippen LogP contribution in [0.15, 0.2) is 59.3 Å². The smallest absolute Gasteiger partial charge is 0.289 e. The van der Waals surface area contributed by atoms with Crippen LogP contribution >= 0.6 is 11.6 Å². The molecule has 0 unspecified atom stereocenters. The van der Waals surface area contributed by atoms with Gasteiger partial charge in [0.05, 0.1) is 17.7 Å². The maximum absolute atomic E-state index is 13.0. The minimum Gasteiger partial charge on any atom is -0.451 e. The Bertz CT molecular complexity index is 907. The van der Waals surface area contributed by atoms with Crippen LogP contribution in [0.3, 0.4) is 0 Å². The third kappa shape index (κ3) is 4.07. The highest BCUT2D eigenvalue weighted by Crippen LogP contribution is 2.29. The van der Waals surface area contributed by atoms with E-state index in [0.717, 1.165) is 12.0 Å². The second kappa shape index (κ2) is 7.98. The molecule has 0 saturated carbocycles. The number of furan rings is 1. The number of aromatic nitrogens is 2. The largest absolute Gasteiger partial charge is 0.451 e. The molecular weight excluding hydrogens is 366 g/mol. The van der Waals surface area contributed by atoms with Crippen LogP contribution in [-0.2, 0) is 11.3 Å². The van der Waals surface area contributed by atoms with Crippen molar-refractivity contribution < 1.29 is 13.9 Å². The zero-order chi connectivity index (χ0) is 18.6. The number of hydrogen-bond donors (Lipinski definition) is 0. The van der Waals surface area contributed by atoms with E-state index < -0.39 is 0 Å². The van der Waals surface area contributed by atoms with E-state index in [1.807, 2.05) is 35.1 Å². The Balaban J connectivity index is 1.49. The summed E-state index contributed by atoms with van der Waals surface area (Å²) in [6.07, 6.45) is 4.32. The van der Waals surface area contributed by atoms with E-state index in [0.29, 0.717) is 42.8 Å². The average molecular weight is 386 g/mol. The van der Waals surface area contributed by atoms with Crippen molar-refractivity contribution in [1.82, 2.24) is 14.7 Å². The molecule has 0 aliphatic carbocycles. The lowest BCUT2D eigenvalue weighted by molar-refractivity contribution is 0.0358. The predicted octanol–water partition coefficient (Wildman–Crippen LogP) is 3.73. The van der Waals surface area contributed by atoms with Crippen LogP contribution in [0, 0.1) is 0 Å². The van der Waals surface area contributed by atoms with Crippen molar-refractivity contribution in [3.8, 4) is 11.3 Å². The number of rotatable bonds is 4. The van der Waals surface area contributed by atoms with Gasteiger partial charge in [0.1, 0.15) is 5.76 Å². The van der Waals surface area contributed by atoms with Gasteiger partial charge in [0.15, 0.2) is 5.76 Å². The van der Waals surface area contributed by atoms with Gasteiger partial charge in [-0.2, -0.15) is 5.10 Å². The Morgan fingerprint density at radius 1 is 1.22 bits per heavy atom. The molecule has 27 heavy (non-hydrogen) atoms. The molecule has 1 fully saturated rings. The molecule has 0 spiro atoms. The fourth-order valence-electron chi connectivity index (χ4n) is 3.22. The molecule has 0 N–H and O–H groups in total. The van der Waals surface area contributed by atoms with Crippen LogP contribution in [0.1, 0.15) is 17.0 Å². The van der Waals surface area contributed by atoms with Gasteiger partial charge < -0.3 is 14.1 Å². The summed E-state index contributed by atoms with van der Waals surface area (Å²) in [7, 11) is 0. The summed E-state index contributed by atoms with van der Waals surface area (Å²) in [6.45, 7) is 2.37. The number of halogens is 1. The molecule has 0 bridgehead atoms. The fourth-order valence-corrected chi connectivity index (χ4v) is 3.45. The predicted molar refractivity (Wildman–Crippen MR) is 102 cm³/mol. The summed E-state index contributed by atoms with van der Waals surface area (Å²) in [5.41, 5.74) is 0.772. The summed E-state index contributed by atoms with van der Waals surface area (Å²) in [5, 5.41) is 4.81. The van der Waals surface area contributed by atoms with Crippen LogP contribution in [0.25, 0.3) is 11.3 Å². The molecule has 7 heteroatoms.